The number of nitrogens with one attached hydrogen (secondary N) is 2. The Hall–Kier alpha value is -3.59. The number of aliphatic hydroxyl groups is 1. The van der Waals surface area contributed by atoms with Gasteiger partial charge in [-0.3, -0.25) is 14.6 Å². The van der Waals surface area contributed by atoms with Gasteiger partial charge in [0.05, 0.1) is 25.0 Å². The molecule has 50 heavy (non-hydrogen) atoms. The van der Waals surface area contributed by atoms with E-state index in [9.17, 15) is 23.1 Å². The van der Waals surface area contributed by atoms with E-state index >= 15 is 0 Å². The van der Waals surface area contributed by atoms with E-state index in [1.807, 2.05) is 82.0 Å². The monoisotopic (exact) mass is 716 g/mol. The normalized spacial score (nSPS) is 23.3. The summed E-state index contributed by atoms with van der Waals surface area (Å²) in [6, 6.07) is 12.0. The summed E-state index contributed by atoms with van der Waals surface area (Å²) in [7, 11) is -1.79. The van der Waals surface area contributed by atoms with Crippen LogP contribution in [0.1, 0.15) is 52.2 Å². The number of sulfone groups is 1. The molecule has 0 unspecified atom stereocenters. The summed E-state index contributed by atoms with van der Waals surface area (Å²) in [5.74, 6) is 1.38. The molecule has 3 aliphatic rings. The quantitative estimate of drug-likeness (QED) is 0.297. The van der Waals surface area contributed by atoms with Crippen LogP contribution in [0.25, 0.3) is 0 Å². The Labute approximate surface area is 295 Å². The first kappa shape index (κ1) is 37.7. The van der Waals surface area contributed by atoms with Gasteiger partial charge in [-0.15, -0.1) is 0 Å². The van der Waals surface area contributed by atoms with Crippen LogP contribution in [0.5, 0.6) is 17.2 Å². The van der Waals surface area contributed by atoms with E-state index < -0.39 is 51.0 Å². The van der Waals surface area contributed by atoms with E-state index in [-0.39, 0.29) is 37.3 Å². The van der Waals surface area contributed by atoms with E-state index in [1.54, 1.807) is 7.11 Å². The first-order valence-corrected chi connectivity index (χ1v) is 19.0. The number of ether oxygens (including phenoxy) is 4. The summed E-state index contributed by atoms with van der Waals surface area (Å²) in [4.78, 5) is 31.2. The fourth-order valence-electron chi connectivity index (χ4n) is 7.10. The van der Waals surface area contributed by atoms with Gasteiger partial charge in [0, 0.05) is 38.3 Å². The van der Waals surface area contributed by atoms with E-state index in [4.69, 9.17) is 18.9 Å². The molecule has 3 aliphatic heterocycles. The number of carbonyl (C=O) groups excluding carboxylic acids is 2. The number of hydrogen-bond donors (Lipinski definition) is 3. The van der Waals surface area contributed by atoms with E-state index in [2.05, 4.69) is 15.5 Å². The molecular weight excluding hydrogens is 664 g/mol. The lowest BCUT2D eigenvalue weighted by molar-refractivity contribution is -0.131. The molecule has 13 nitrogen and oxygen atoms in total. The molecule has 0 saturated carbocycles. The number of benzene rings is 2. The van der Waals surface area contributed by atoms with Crippen LogP contribution in [0.3, 0.4) is 0 Å². The highest BCUT2D eigenvalue weighted by Crippen LogP contribution is 2.42. The van der Waals surface area contributed by atoms with Gasteiger partial charge in [0.1, 0.15) is 17.4 Å². The van der Waals surface area contributed by atoms with Crippen LogP contribution in [0.15, 0.2) is 42.5 Å². The minimum Gasteiger partial charge on any atom is -0.493 e. The molecule has 2 saturated heterocycles. The Kier molecular flexibility index (Phi) is 11.9. The molecule has 276 valence electrons. The molecule has 3 N–H and O–H groups in total. The highest BCUT2D eigenvalue weighted by Gasteiger charge is 2.45. The van der Waals surface area contributed by atoms with Crippen LogP contribution in [-0.4, -0.2) is 116 Å². The second-order valence-electron chi connectivity index (χ2n) is 14.8. The fourth-order valence-corrected chi connectivity index (χ4v) is 9.41. The van der Waals surface area contributed by atoms with Crippen molar-refractivity contribution in [3.8, 4) is 17.2 Å². The molecule has 0 aliphatic carbocycles. The van der Waals surface area contributed by atoms with E-state index in [0.717, 1.165) is 11.1 Å². The zero-order valence-corrected chi connectivity index (χ0v) is 30.7. The molecule has 0 spiro atoms. The molecule has 2 aromatic carbocycles. The van der Waals surface area contributed by atoms with Crippen molar-refractivity contribution in [2.45, 2.75) is 89.1 Å². The van der Waals surface area contributed by atoms with Crippen LogP contribution in [-0.2, 0) is 32.3 Å². The van der Waals surface area contributed by atoms with Crippen molar-refractivity contribution in [2.75, 3.05) is 45.8 Å². The van der Waals surface area contributed by atoms with Crippen molar-refractivity contribution in [1.82, 2.24) is 20.4 Å². The minimum atomic E-state index is -3.37. The van der Waals surface area contributed by atoms with Gasteiger partial charge in [-0.1, -0.05) is 44.2 Å². The summed E-state index contributed by atoms with van der Waals surface area (Å²) in [5.41, 5.74) is 1.37. The van der Waals surface area contributed by atoms with Crippen molar-refractivity contribution in [3.05, 3.63) is 53.6 Å². The number of aliphatic hydroxyl groups excluding tert-OH is 1. The number of rotatable bonds is 12. The van der Waals surface area contributed by atoms with Gasteiger partial charge in [-0.25, -0.2) is 13.2 Å². The second kappa shape index (κ2) is 15.7. The van der Waals surface area contributed by atoms with Crippen molar-refractivity contribution >= 4 is 21.8 Å². The first-order chi connectivity index (χ1) is 23.6. The number of carbonyl (C=O) groups is 2. The first-order valence-electron chi connectivity index (χ1n) is 17.3. The summed E-state index contributed by atoms with van der Waals surface area (Å²) in [6.45, 7) is 11.7. The number of fused-ring (bicyclic) bond motifs is 1. The third kappa shape index (κ3) is 9.39. The Morgan fingerprint density at radius 1 is 1.08 bits per heavy atom. The van der Waals surface area contributed by atoms with Crippen molar-refractivity contribution < 1.29 is 42.1 Å². The van der Waals surface area contributed by atoms with Crippen molar-refractivity contribution in [1.29, 1.82) is 0 Å². The Morgan fingerprint density at radius 2 is 1.82 bits per heavy atom. The summed E-state index contributed by atoms with van der Waals surface area (Å²) >= 11 is 0. The van der Waals surface area contributed by atoms with E-state index in [0.29, 0.717) is 49.8 Å². The lowest BCUT2D eigenvalue weighted by atomic mass is 9.99. The molecule has 3 heterocycles. The average molecular weight is 717 g/mol. The van der Waals surface area contributed by atoms with Gasteiger partial charge in [0.2, 0.25) is 18.4 Å². The smallest absolute Gasteiger partial charge is 0.407 e. The summed E-state index contributed by atoms with van der Waals surface area (Å²) in [5, 5.41) is 16.9. The molecule has 0 aromatic heterocycles. The maximum absolute atomic E-state index is 13.8. The van der Waals surface area contributed by atoms with Crippen molar-refractivity contribution in [2.24, 2.45) is 5.92 Å². The molecule has 2 aromatic rings. The van der Waals surface area contributed by atoms with Crippen LogP contribution >= 0.6 is 0 Å². The second-order valence-corrected chi connectivity index (χ2v) is 17.1. The highest BCUT2D eigenvalue weighted by atomic mass is 32.2. The molecule has 0 radical (unpaired) electrons. The maximum Gasteiger partial charge on any atom is 0.407 e. The number of amides is 2. The van der Waals surface area contributed by atoms with Crippen LogP contribution in [0, 0.1) is 5.92 Å². The lowest BCUT2D eigenvalue weighted by Crippen LogP contribution is -2.63. The van der Waals surface area contributed by atoms with Gasteiger partial charge in [-0.2, -0.15) is 0 Å². The number of hydrogen-bond acceptors (Lipinski definition) is 11. The van der Waals surface area contributed by atoms with E-state index in [1.165, 1.54) is 0 Å². The number of piperazine rings is 1. The van der Waals surface area contributed by atoms with Gasteiger partial charge < -0.3 is 34.7 Å². The summed E-state index contributed by atoms with van der Waals surface area (Å²) in [6.07, 6.45) is -2.08. The fraction of sp³-hybridized carbons (Fsp3) is 0.611. The number of methoxy groups -OCH3 is 1. The van der Waals surface area contributed by atoms with Crippen LogP contribution < -0.4 is 24.8 Å². The maximum atomic E-state index is 13.8. The zero-order valence-electron chi connectivity index (χ0n) is 29.9. The largest absolute Gasteiger partial charge is 0.493 e. The standard InChI is InChI=1S/C36H52N4O9S/c1-23(2)33-29(12-15-50(33,44)45)49-35(43)37-26(16-24-10-8-7-9-11-24)28(41)21-40-14-13-39(20-27(40)34(42)38-36(3,4)5)19-25-17-30(46-6)32-31(18-25)47-22-48-32/h7-11,17-18,23,26-29,33,41H,12-16,19-22H2,1-6H3,(H,37,43)(H,38,42)/t26-,27-,28+,29+,33+/m0/s1. The van der Waals surface area contributed by atoms with Crippen LogP contribution in [0.4, 0.5) is 4.79 Å². The molecular formula is C36H52N4O9S. The van der Waals surface area contributed by atoms with Gasteiger partial charge in [-0.05, 0) is 62.8 Å². The average Bonchev–Trinajstić information content (AvgIpc) is 3.63. The predicted octanol–water partition coefficient (Wildman–Crippen LogP) is 2.73. The van der Waals surface area contributed by atoms with Gasteiger partial charge in [0.25, 0.3) is 0 Å². The molecule has 0 bridgehead atoms. The number of alkyl carbamates (subject to hydrolysis) is 1. The molecule has 2 fully saturated rings. The highest BCUT2D eigenvalue weighted by molar-refractivity contribution is 7.92. The SMILES string of the molecule is COc1cc(CN2CCN(C[C@@H](O)[C@H](Cc3ccccc3)NC(=O)O[C@@H]3CCS(=O)(=O)[C@@H]3C(C)C)[C@H](C(=O)NC(C)(C)C)C2)cc2c1OCO2. The topological polar surface area (TPSA) is 156 Å². The third-order valence-corrected chi connectivity index (χ3v) is 11.9. The molecule has 2 amide bonds. The molecule has 14 heteroatoms. The number of β-amino-alcohol motifs (C(OH)–C–C–N with tert-alkyl or cyclic N) is 1. The Bertz CT molecular complexity index is 1600. The van der Waals surface area contributed by atoms with Crippen LogP contribution in [0.2, 0.25) is 0 Å². The number of nitrogens with zero attached hydrogens (tertiary/aromatic N) is 2. The third-order valence-electron chi connectivity index (χ3n) is 9.37. The minimum absolute atomic E-state index is 0.0317. The lowest BCUT2D eigenvalue weighted by Gasteiger charge is -2.43. The van der Waals surface area contributed by atoms with Gasteiger partial charge in [0.15, 0.2) is 21.3 Å². The molecule has 5 atom stereocenters. The predicted molar refractivity (Wildman–Crippen MR) is 188 cm³/mol. The summed E-state index contributed by atoms with van der Waals surface area (Å²) < 4.78 is 47.7. The van der Waals surface area contributed by atoms with Gasteiger partial charge >= 0.3 is 6.09 Å². The molecule has 5 rings (SSSR count). The Balaban J connectivity index is 1.31. The van der Waals surface area contributed by atoms with Crippen molar-refractivity contribution in [3.63, 3.8) is 0 Å². The zero-order chi connectivity index (χ0) is 36.2. The Morgan fingerprint density at radius 3 is 2.50 bits per heavy atom.